The number of rotatable bonds is 28. The predicted molar refractivity (Wildman–Crippen MR) is 147 cm³/mol. The van der Waals surface area contributed by atoms with Gasteiger partial charge in [-0.15, -0.1) is 0 Å². The van der Waals surface area contributed by atoms with Crippen molar-refractivity contribution in [3.8, 4) is 0 Å². The average molecular weight is 481 g/mol. The van der Waals surface area contributed by atoms with Crippen LogP contribution < -0.4 is 0 Å². The van der Waals surface area contributed by atoms with Gasteiger partial charge in [-0.3, -0.25) is 9.59 Å². The van der Waals surface area contributed by atoms with Crippen molar-refractivity contribution >= 4 is 11.6 Å². The fraction of sp³-hybridized carbons (Fsp3) is 0.935. The number of carbonyl (C=O) groups is 2. The molecule has 1 atom stereocenters. The van der Waals surface area contributed by atoms with Gasteiger partial charge in [-0.05, 0) is 25.7 Å². The summed E-state index contributed by atoms with van der Waals surface area (Å²) in [6.45, 7) is 4.46. The van der Waals surface area contributed by atoms with Gasteiger partial charge in [0.1, 0.15) is 11.6 Å². The van der Waals surface area contributed by atoms with E-state index in [1.807, 2.05) is 0 Å². The Hall–Kier alpha value is -0.700. The maximum absolute atomic E-state index is 12.0. The number of hydrogen-bond acceptors (Lipinski definition) is 3. The molecular formula is C31H60O3. The van der Waals surface area contributed by atoms with Crippen molar-refractivity contribution < 1.29 is 14.7 Å². The molecule has 0 aliphatic rings. The van der Waals surface area contributed by atoms with Gasteiger partial charge in [-0.25, -0.2) is 0 Å². The molecule has 0 aromatic heterocycles. The third-order valence-corrected chi connectivity index (χ3v) is 7.09. The molecule has 0 aromatic rings. The first-order valence-electron chi connectivity index (χ1n) is 15.3. The van der Waals surface area contributed by atoms with Gasteiger partial charge in [-0.1, -0.05) is 136 Å². The molecule has 0 rings (SSSR count). The molecule has 0 radical (unpaired) electrons. The Morgan fingerprint density at radius 2 is 0.765 bits per heavy atom. The molecule has 0 bridgehead atoms. The lowest BCUT2D eigenvalue weighted by molar-refractivity contribution is -0.127. The maximum atomic E-state index is 12.0. The van der Waals surface area contributed by atoms with Gasteiger partial charge >= 0.3 is 0 Å². The lowest BCUT2D eigenvalue weighted by Crippen LogP contribution is -2.07. The van der Waals surface area contributed by atoms with Crippen LogP contribution >= 0.6 is 0 Å². The fourth-order valence-electron chi connectivity index (χ4n) is 4.74. The van der Waals surface area contributed by atoms with Gasteiger partial charge in [-0.2, -0.15) is 0 Å². The van der Waals surface area contributed by atoms with Gasteiger partial charge in [0, 0.05) is 12.8 Å². The third kappa shape index (κ3) is 25.9. The van der Waals surface area contributed by atoms with Crippen LogP contribution in [0.25, 0.3) is 0 Å². The highest BCUT2D eigenvalue weighted by molar-refractivity contribution is 5.98. The molecule has 202 valence electrons. The molecule has 3 nitrogen and oxygen atoms in total. The standard InChI is InChI=1S/C31H60O3/c1-3-5-7-8-9-10-11-12-14-18-22-26-30(33)28-31(34)27-23-19-16-13-15-17-21-25-29(32)24-20-6-4-2/h29,32H,3-28H2,1-2H3/t29-/m1/s1. The quantitative estimate of drug-likeness (QED) is 0.0895. The third-order valence-electron chi connectivity index (χ3n) is 7.09. The van der Waals surface area contributed by atoms with Crippen molar-refractivity contribution in [1.29, 1.82) is 0 Å². The van der Waals surface area contributed by atoms with Crippen LogP contribution in [0.1, 0.15) is 181 Å². The van der Waals surface area contributed by atoms with Crippen LogP contribution in [0, 0.1) is 0 Å². The topological polar surface area (TPSA) is 54.4 Å². The summed E-state index contributed by atoms with van der Waals surface area (Å²) in [6, 6.07) is 0. The molecule has 0 heterocycles. The summed E-state index contributed by atoms with van der Waals surface area (Å²) < 4.78 is 0. The van der Waals surface area contributed by atoms with E-state index in [2.05, 4.69) is 13.8 Å². The fourth-order valence-corrected chi connectivity index (χ4v) is 4.74. The molecular weight excluding hydrogens is 420 g/mol. The van der Waals surface area contributed by atoms with Crippen molar-refractivity contribution in [2.75, 3.05) is 0 Å². The Labute approximate surface area is 213 Å². The summed E-state index contributed by atoms with van der Waals surface area (Å²) in [5.41, 5.74) is 0. The van der Waals surface area contributed by atoms with E-state index in [-0.39, 0.29) is 24.1 Å². The van der Waals surface area contributed by atoms with Crippen LogP contribution in [0.3, 0.4) is 0 Å². The Morgan fingerprint density at radius 1 is 0.471 bits per heavy atom. The van der Waals surface area contributed by atoms with E-state index in [4.69, 9.17) is 0 Å². The summed E-state index contributed by atoms with van der Waals surface area (Å²) in [4.78, 5) is 24.1. The van der Waals surface area contributed by atoms with Crippen LogP contribution in [0.15, 0.2) is 0 Å². The van der Waals surface area contributed by atoms with Crippen LogP contribution in [0.4, 0.5) is 0 Å². The predicted octanol–water partition coefficient (Wildman–Crippen LogP) is 9.67. The van der Waals surface area contributed by atoms with E-state index in [0.717, 1.165) is 51.4 Å². The first kappa shape index (κ1) is 33.3. The van der Waals surface area contributed by atoms with Crippen molar-refractivity contribution in [3.63, 3.8) is 0 Å². The molecule has 0 amide bonds. The number of carbonyl (C=O) groups excluding carboxylic acids is 2. The van der Waals surface area contributed by atoms with Crippen LogP contribution in [-0.2, 0) is 9.59 Å². The first-order chi connectivity index (χ1) is 16.6. The Balaban J connectivity index is 3.36. The van der Waals surface area contributed by atoms with Crippen molar-refractivity contribution in [2.45, 2.75) is 187 Å². The monoisotopic (exact) mass is 480 g/mol. The largest absolute Gasteiger partial charge is 0.393 e. The molecule has 0 saturated carbocycles. The van der Waals surface area contributed by atoms with Crippen molar-refractivity contribution in [1.82, 2.24) is 0 Å². The number of unbranched alkanes of at least 4 members (excludes halogenated alkanes) is 18. The summed E-state index contributed by atoms with van der Waals surface area (Å²) in [7, 11) is 0. The second-order valence-electron chi connectivity index (χ2n) is 10.7. The number of aliphatic hydroxyl groups is 1. The van der Waals surface area contributed by atoms with E-state index >= 15 is 0 Å². The average Bonchev–Trinajstić information content (AvgIpc) is 2.81. The molecule has 0 saturated heterocycles. The highest BCUT2D eigenvalue weighted by Gasteiger charge is 2.09. The number of hydrogen-bond donors (Lipinski definition) is 1. The van der Waals surface area contributed by atoms with Gasteiger partial charge < -0.3 is 5.11 Å². The highest BCUT2D eigenvalue weighted by atomic mass is 16.3. The molecule has 3 heteroatoms. The van der Waals surface area contributed by atoms with Gasteiger partial charge in [0.25, 0.3) is 0 Å². The van der Waals surface area contributed by atoms with Crippen LogP contribution in [-0.4, -0.2) is 22.8 Å². The first-order valence-corrected chi connectivity index (χ1v) is 15.3. The summed E-state index contributed by atoms with van der Waals surface area (Å²) >= 11 is 0. The smallest absolute Gasteiger partial charge is 0.140 e. The zero-order valence-electron chi connectivity index (χ0n) is 23.2. The molecule has 0 spiro atoms. The second kappa shape index (κ2) is 26.9. The molecule has 0 unspecified atom stereocenters. The zero-order chi connectivity index (χ0) is 25.1. The van der Waals surface area contributed by atoms with Gasteiger partial charge in [0.05, 0.1) is 12.5 Å². The molecule has 0 aliphatic heterocycles. The van der Waals surface area contributed by atoms with Crippen molar-refractivity contribution in [3.05, 3.63) is 0 Å². The SMILES string of the molecule is CCCCCCCCCCCCCC(=O)CC(=O)CCCCCCCCC[C@H](O)CCCCC. The summed E-state index contributed by atoms with van der Waals surface area (Å²) in [5, 5.41) is 9.94. The zero-order valence-corrected chi connectivity index (χ0v) is 23.2. The Kier molecular flexibility index (Phi) is 26.3. The lowest BCUT2D eigenvalue weighted by Gasteiger charge is -2.09. The minimum Gasteiger partial charge on any atom is -0.393 e. The van der Waals surface area contributed by atoms with E-state index < -0.39 is 0 Å². The van der Waals surface area contributed by atoms with Gasteiger partial charge in [0.2, 0.25) is 0 Å². The molecule has 34 heavy (non-hydrogen) atoms. The molecule has 0 fully saturated rings. The van der Waals surface area contributed by atoms with E-state index in [1.165, 1.54) is 96.3 Å². The molecule has 0 aliphatic carbocycles. The second-order valence-corrected chi connectivity index (χ2v) is 10.7. The number of ketones is 2. The normalized spacial score (nSPS) is 12.2. The number of Topliss-reactive ketones (excluding diaryl/α,β-unsaturated/α-hetero) is 2. The van der Waals surface area contributed by atoms with Crippen LogP contribution in [0.2, 0.25) is 0 Å². The molecule has 0 aromatic carbocycles. The van der Waals surface area contributed by atoms with Crippen molar-refractivity contribution in [2.24, 2.45) is 0 Å². The Morgan fingerprint density at radius 3 is 1.18 bits per heavy atom. The van der Waals surface area contributed by atoms with Gasteiger partial charge in [0.15, 0.2) is 0 Å². The van der Waals surface area contributed by atoms with E-state index in [0.29, 0.717) is 12.8 Å². The lowest BCUT2D eigenvalue weighted by atomic mass is 10.0. The Bertz CT molecular complexity index is 446. The maximum Gasteiger partial charge on any atom is 0.140 e. The van der Waals surface area contributed by atoms with E-state index in [9.17, 15) is 14.7 Å². The number of aliphatic hydroxyl groups excluding tert-OH is 1. The molecule has 1 N–H and O–H groups in total. The summed E-state index contributed by atoms with van der Waals surface area (Å²) in [5.74, 6) is 0.294. The highest BCUT2D eigenvalue weighted by Crippen LogP contribution is 2.15. The van der Waals surface area contributed by atoms with E-state index in [1.54, 1.807) is 0 Å². The minimum atomic E-state index is -0.102. The minimum absolute atomic E-state index is 0.102. The van der Waals surface area contributed by atoms with Crippen LogP contribution in [0.5, 0.6) is 0 Å². The summed E-state index contributed by atoms with van der Waals surface area (Å²) in [6.07, 6.45) is 28.9.